The van der Waals surface area contributed by atoms with E-state index in [4.69, 9.17) is 9.47 Å². The van der Waals surface area contributed by atoms with Crippen LogP contribution in [0.4, 0.5) is 0 Å². The van der Waals surface area contributed by atoms with Crippen LogP contribution in [0.25, 0.3) is 0 Å². The molecule has 0 N–H and O–H groups in total. The molecule has 2 aliphatic rings. The molecule has 0 aromatic heterocycles. The molecule has 0 saturated carbocycles. The van der Waals surface area contributed by atoms with E-state index in [0.717, 1.165) is 43.8 Å². The molecule has 3 rings (SSSR count). The van der Waals surface area contributed by atoms with E-state index in [1.165, 1.54) is 0 Å². The summed E-state index contributed by atoms with van der Waals surface area (Å²) in [7, 11) is 0. The van der Waals surface area contributed by atoms with E-state index >= 15 is 0 Å². The normalized spacial score (nSPS) is 30.5. The molecular formula is C16H20N2O2. The van der Waals surface area contributed by atoms with Gasteiger partial charge in [0.15, 0.2) is 0 Å². The second kappa shape index (κ2) is 5.53. The number of benzene rings is 1. The van der Waals surface area contributed by atoms with Crippen LogP contribution in [0, 0.1) is 11.3 Å². The summed E-state index contributed by atoms with van der Waals surface area (Å²) < 4.78 is 11.7. The molecule has 4 nitrogen and oxygen atoms in total. The Labute approximate surface area is 119 Å². The van der Waals surface area contributed by atoms with Gasteiger partial charge in [-0.05, 0) is 18.6 Å². The van der Waals surface area contributed by atoms with Gasteiger partial charge in [0, 0.05) is 32.7 Å². The maximum absolute atomic E-state index is 9.19. The zero-order valence-corrected chi connectivity index (χ0v) is 11.8. The fourth-order valence-electron chi connectivity index (χ4n) is 3.27. The van der Waals surface area contributed by atoms with Crippen LogP contribution in [0.2, 0.25) is 0 Å². The lowest BCUT2D eigenvalue weighted by Crippen LogP contribution is -2.55. The van der Waals surface area contributed by atoms with Gasteiger partial charge in [0.25, 0.3) is 0 Å². The summed E-state index contributed by atoms with van der Waals surface area (Å²) in [6.45, 7) is 6.18. The van der Waals surface area contributed by atoms with Gasteiger partial charge in [-0.3, -0.25) is 4.90 Å². The van der Waals surface area contributed by atoms with Crippen LogP contribution in [0.5, 0.6) is 0 Å². The number of nitrogens with zero attached hydrogens (tertiary/aromatic N) is 2. The topological polar surface area (TPSA) is 45.5 Å². The Bertz CT molecular complexity index is 517. The summed E-state index contributed by atoms with van der Waals surface area (Å²) in [6, 6.07) is 10.1. The van der Waals surface area contributed by atoms with Crippen molar-refractivity contribution < 1.29 is 9.47 Å². The van der Waals surface area contributed by atoms with Crippen LogP contribution in [0.3, 0.4) is 0 Å². The third kappa shape index (κ3) is 2.71. The van der Waals surface area contributed by atoms with Crippen molar-refractivity contribution in [2.24, 2.45) is 0 Å². The molecule has 0 amide bonds. The smallest absolute Gasteiger partial charge is 0.107 e. The van der Waals surface area contributed by atoms with Crippen LogP contribution in [0.1, 0.15) is 24.5 Å². The minimum Gasteiger partial charge on any atom is -0.378 e. The minimum absolute atomic E-state index is 0.140. The van der Waals surface area contributed by atoms with Crippen molar-refractivity contribution >= 4 is 0 Å². The molecule has 1 aromatic carbocycles. The van der Waals surface area contributed by atoms with Gasteiger partial charge in [-0.2, -0.15) is 5.26 Å². The minimum atomic E-state index is -0.140. The Morgan fingerprint density at radius 2 is 2.30 bits per heavy atom. The molecule has 1 aromatic rings. The predicted molar refractivity (Wildman–Crippen MR) is 75.1 cm³/mol. The molecule has 0 bridgehead atoms. The molecule has 2 heterocycles. The fraction of sp³-hybridized carbons (Fsp3) is 0.562. The summed E-state index contributed by atoms with van der Waals surface area (Å²) >= 11 is 0. The summed E-state index contributed by atoms with van der Waals surface area (Å²) in [6.07, 6.45) is 1.17. The van der Waals surface area contributed by atoms with Crippen molar-refractivity contribution in [3.05, 3.63) is 35.4 Å². The van der Waals surface area contributed by atoms with E-state index in [1.54, 1.807) is 0 Å². The maximum Gasteiger partial charge on any atom is 0.107 e. The second-order valence-electron chi connectivity index (χ2n) is 5.85. The van der Waals surface area contributed by atoms with Gasteiger partial charge in [-0.15, -0.1) is 0 Å². The lowest BCUT2D eigenvalue weighted by molar-refractivity contribution is -0.149. The second-order valence-corrected chi connectivity index (χ2v) is 5.85. The molecule has 2 fully saturated rings. The van der Waals surface area contributed by atoms with Gasteiger partial charge in [-0.25, -0.2) is 0 Å². The Kier molecular flexibility index (Phi) is 3.75. The van der Waals surface area contributed by atoms with Gasteiger partial charge < -0.3 is 9.47 Å². The monoisotopic (exact) mass is 272 g/mol. The van der Waals surface area contributed by atoms with E-state index in [2.05, 4.69) is 17.9 Å². The van der Waals surface area contributed by atoms with Crippen molar-refractivity contribution in [3.63, 3.8) is 0 Å². The average molecular weight is 272 g/mol. The first-order chi connectivity index (χ1) is 9.71. The van der Waals surface area contributed by atoms with Crippen molar-refractivity contribution in [2.45, 2.75) is 31.6 Å². The molecule has 2 aliphatic heterocycles. The molecule has 4 heteroatoms. The van der Waals surface area contributed by atoms with Crippen LogP contribution in [0.15, 0.2) is 24.3 Å². The number of hydrogen-bond donors (Lipinski definition) is 0. The maximum atomic E-state index is 9.19. The quantitative estimate of drug-likeness (QED) is 0.825. The predicted octanol–water partition coefficient (Wildman–Crippen LogP) is 1.94. The summed E-state index contributed by atoms with van der Waals surface area (Å²) in [4.78, 5) is 2.39. The number of ether oxygens (including phenoxy) is 2. The van der Waals surface area contributed by atoms with Crippen molar-refractivity contribution in [3.8, 4) is 6.07 Å². The first-order valence-corrected chi connectivity index (χ1v) is 7.17. The molecule has 2 atom stereocenters. The van der Waals surface area contributed by atoms with E-state index < -0.39 is 0 Å². The van der Waals surface area contributed by atoms with E-state index in [-0.39, 0.29) is 11.7 Å². The number of hydrogen-bond acceptors (Lipinski definition) is 4. The molecule has 2 saturated heterocycles. The highest BCUT2D eigenvalue weighted by Crippen LogP contribution is 2.30. The molecule has 106 valence electrons. The van der Waals surface area contributed by atoms with Crippen molar-refractivity contribution in [1.82, 2.24) is 4.90 Å². The molecule has 0 aliphatic carbocycles. The van der Waals surface area contributed by atoms with E-state index in [0.29, 0.717) is 6.61 Å². The highest BCUT2D eigenvalue weighted by atomic mass is 16.6. The van der Waals surface area contributed by atoms with E-state index in [9.17, 15) is 5.26 Å². The first-order valence-electron chi connectivity index (χ1n) is 7.17. The standard InChI is InChI=1S/C16H20N2O2/c1-13-9-18(11-16(20-13)6-7-19-12-16)10-15-5-3-2-4-14(15)8-17/h2-5,13H,6-7,9-12H2,1H3. The number of nitriles is 1. The summed E-state index contributed by atoms with van der Waals surface area (Å²) in [5, 5.41) is 9.19. The Morgan fingerprint density at radius 1 is 1.45 bits per heavy atom. The highest BCUT2D eigenvalue weighted by Gasteiger charge is 2.42. The van der Waals surface area contributed by atoms with Gasteiger partial charge >= 0.3 is 0 Å². The highest BCUT2D eigenvalue weighted by molar-refractivity contribution is 5.37. The molecule has 1 spiro atoms. The summed E-state index contributed by atoms with van der Waals surface area (Å²) in [5.41, 5.74) is 1.72. The fourth-order valence-corrected chi connectivity index (χ4v) is 3.27. The Balaban J connectivity index is 1.75. The van der Waals surface area contributed by atoms with Crippen molar-refractivity contribution in [1.29, 1.82) is 5.26 Å². The number of rotatable bonds is 2. The first kappa shape index (κ1) is 13.6. The molecule has 0 radical (unpaired) electrons. The zero-order chi connectivity index (χ0) is 14.0. The Morgan fingerprint density at radius 3 is 3.05 bits per heavy atom. The zero-order valence-electron chi connectivity index (χ0n) is 11.8. The lowest BCUT2D eigenvalue weighted by atomic mass is 9.98. The van der Waals surface area contributed by atoms with Gasteiger partial charge in [-0.1, -0.05) is 18.2 Å². The molecular weight excluding hydrogens is 252 g/mol. The third-order valence-electron chi connectivity index (χ3n) is 4.08. The largest absolute Gasteiger partial charge is 0.378 e. The molecule has 2 unspecified atom stereocenters. The number of morpholine rings is 1. The van der Waals surface area contributed by atoms with Crippen LogP contribution >= 0.6 is 0 Å². The van der Waals surface area contributed by atoms with Gasteiger partial charge in [0.1, 0.15) is 5.60 Å². The van der Waals surface area contributed by atoms with Crippen LogP contribution in [-0.2, 0) is 16.0 Å². The lowest BCUT2D eigenvalue weighted by Gasteiger charge is -2.43. The summed E-state index contributed by atoms with van der Waals surface area (Å²) in [5.74, 6) is 0. The van der Waals surface area contributed by atoms with Gasteiger partial charge in [0.2, 0.25) is 0 Å². The van der Waals surface area contributed by atoms with Crippen LogP contribution in [-0.4, -0.2) is 42.9 Å². The van der Waals surface area contributed by atoms with Crippen molar-refractivity contribution in [2.75, 3.05) is 26.3 Å². The molecule has 20 heavy (non-hydrogen) atoms. The third-order valence-corrected chi connectivity index (χ3v) is 4.08. The van der Waals surface area contributed by atoms with Gasteiger partial charge in [0.05, 0.1) is 24.3 Å². The SMILES string of the molecule is CC1CN(Cc2ccccc2C#N)CC2(CCOC2)O1. The van der Waals surface area contributed by atoms with E-state index in [1.807, 2.05) is 24.3 Å². The van der Waals surface area contributed by atoms with Crippen LogP contribution < -0.4 is 0 Å². The average Bonchev–Trinajstić information content (AvgIpc) is 2.86. The Hall–Kier alpha value is -1.41.